The second-order valence-corrected chi connectivity index (χ2v) is 4.58. The minimum absolute atomic E-state index is 0.273. The van der Waals surface area contributed by atoms with E-state index in [1.807, 2.05) is 0 Å². The molecule has 0 aromatic heterocycles. The van der Waals surface area contributed by atoms with Crippen LogP contribution in [0.25, 0.3) is 0 Å². The van der Waals surface area contributed by atoms with E-state index in [1.54, 1.807) is 12.1 Å². The van der Waals surface area contributed by atoms with Gasteiger partial charge in [-0.1, -0.05) is 11.6 Å². The number of benzene rings is 1. The van der Waals surface area contributed by atoms with Crippen LogP contribution >= 0.6 is 11.6 Å². The molecule has 16 heavy (non-hydrogen) atoms. The molecule has 0 radical (unpaired) electrons. The van der Waals surface area contributed by atoms with Gasteiger partial charge in [-0.2, -0.15) is 0 Å². The van der Waals surface area contributed by atoms with Crippen molar-refractivity contribution >= 4 is 17.3 Å². The molecule has 1 saturated heterocycles. The Hall–Kier alpha value is -0.800. The van der Waals surface area contributed by atoms with Crippen LogP contribution in [-0.4, -0.2) is 19.1 Å². The highest BCUT2D eigenvalue weighted by Crippen LogP contribution is 2.21. The number of halogens is 2. The standard InChI is InChI=1S/C12H16ClFN2/c13-9-3-4-12(11(14)8-9)16-10-2-1-6-15-7-5-10/h3-4,8,10,15-16H,1-2,5-7H2. The molecular weight excluding hydrogens is 227 g/mol. The number of hydrogen-bond acceptors (Lipinski definition) is 2. The molecule has 0 spiro atoms. The Morgan fingerprint density at radius 2 is 2.19 bits per heavy atom. The molecule has 1 fully saturated rings. The summed E-state index contributed by atoms with van der Waals surface area (Å²) in [5, 5.41) is 7.01. The van der Waals surface area contributed by atoms with Crippen molar-refractivity contribution in [3.8, 4) is 0 Å². The molecule has 1 heterocycles. The molecule has 0 amide bonds. The highest BCUT2D eigenvalue weighted by molar-refractivity contribution is 6.30. The number of rotatable bonds is 2. The van der Waals surface area contributed by atoms with Crippen LogP contribution in [-0.2, 0) is 0 Å². The van der Waals surface area contributed by atoms with E-state index in [-0.39, 0.29) is 5.82 Å². The first-order valence-electron chi connectivity index (χ1n) is 5.68. The van der Waals surface area contributed by atoms with Crippen LogP contribution < -0.4 is 10.6 Å². The quantitative estimate of drug-likeness (QED) is 0.833. The molecule has 2 nitrogen and oxygen atoms in total. The zero-order valence-corrected chi connectivity index (χ0v) is 9.86. The van der Waals surface area contributed by atoms with Crippen LogP contribution in [0.3, 0.4) is 0 Å². The topological polar surface area (TPSA) is 24.1 Å². The first kappa shape index (κ1) is 11.7. The third-order valence-electron chi connectivity index (χ3n) is 2.87. The summed E-state index contributed by atoms with van der Waals surface area (Å²) < 4.78 is 13.5. The Labute approximate surface area is 100 Å². The monoisotopic (exact) mass is 242 g/mol. The summed E-state index contributed by atoms with van der Waals surface area (Å²) in [7, 11) is 0. The van der Waals surface area contributed by atoms with Gasteiger partial charge in [0.2, 0.25) is 0 Å². The van der Waals surface area contributed by atoms with Crippen molar-refractivity contribution in [2.24, 2.45) is 0 Å². The molecule has 2 N–H and O–H groups in total. The summed E-state index contributed by atoms with van der Waals surface area (Å²) in [6.07, 6.45) is 3.24. The lowest BCUT2D eigenvalue weighted by Crippen LogP contribution is -2.22. The summed E-state index contributed by atoms with van der Waals surface area (Å²) in [5.74, 6) is -0.273. The van der Waals surface area contributed by atoms with Crippen molar-refractivity contribution in [2.45, 2.75) is 25.3 Å². The van der Waals surface area contributed by atoms with E-state index in [2.05, 4.69) is 10.6 Å². The van der Waals surface area contributed by atoms with Crippen molar-refractivity contribution in [1.29, 1.82) is 0 Å². The van der Waals surface area contributed by atoms with Gasteiger partial charge in [0.05, 0.1) is 5.69 Å². The molecule has 1 aromatic carbocycles. The summed E-state index contributed by atoms with van der Waals surface area (Å²) >= 11 is 5.71. The number of hydrogen-bond donors (Lipinski definition) is 2. The van der Waals surface area contributed by atoms with Crippen molar-refractivity contribution in [2.75, 3.05) is 18.4 Å². The van der Waals surface area contributed by atoms with E-state index < -0.39 is 0 Å². The minimum atomic E-state index is -0.273. The SMILES string of the molecule is Fc1cc(Cl)ccc1NC1CCCNCC1. The van der Waals surface area contributed by atoms with Gasteiger partial charge in [0, 0.05) is 11.1 Å². The van der Waals surface area contributed by atoms with Gasteiger partial charge in [0.15, 0.2) is 0 Å². The zero-order chi connectivity index (χ0) is 11.4. The van der Waals surface area contributed by atoms with Crippen LogP contribution in [0.5, 0.6) is 0 Å². The molecule has 2 rings (SSSR count). The van der Waals surface area contributed by atoms with E-state index in [9.17, 15) is 4.39 Å². The van der Waals surface area contributed by atoms with E-state index >= 15 is 0 Å². The van der Waals surface area contributed by atoms with Gasteiger partial charge in [-0.3, -0.25) is 0 Å². The van der Waals surface area contributed by atoms with Gasteiger partial charge in [-0.05, 0) is 50.6 Å². The molecule has 1 aromatic rings. The third kappa shape index (κ3) is 3.09. The van der Waals surface area contributed by atoms with Crippen molar-refractivity contribution in [3.63, 3.8) is 0 Å². The van der Waals surface area contributed by atoms with Gasteiger partial charge in [0.25, 0.3) is 0 Å². The molecule has 1 atom stereocenters. The van der Waals surface area contributed by atoms with Crippen molar-refractivity contribution < 1.29 is 4.39 Å². The van der Waals surface area contributed by atoms with E-state index in [0.29, 0.717) is 16.8 Å². The second kappa shape index (κ2) is 5.51. The average Bonchev–Trinajstić information content (AvgIpc) is 2.51. The Morgan fingerprint density at radius 3 is 3.00 bits per heavy atom. The molecule has 0 aliphatic carbocycles. The molecule has 88 valence electrons. The summed E-state index contributed by atoms with van der Waals surface area (Å²) in [6.45, 7) is 2.05. The zero-order valence-electron chi connectivity index (χ0n) is 9.10. The van der Waals surface area contributed by atoms with Gasteiger partial charge in [-0.25, -0.2) is 4.39 Å². The van der Waals surface area contributed by atoms with Crippen LogP contribution in [0.2, 0.25) is 5.02 Å². The predicted octanol–water partition coefficient (Wildman–Crippen LogP) is 3.03. The molecular formula is C12H16ClFN2. The lowest BCUT2D eigenvalue weighted by molar-refractivity contribution is 0.606. The lowest BCUT2D eigenvalue weighted by Gasteiger charge is -2.17. The maximum absolute atomic E-state index is 13.5. The van der Waals surface area contributed by atoms with Gasteiger partial charge >= 0.3 is 0 Å². The van der Waals surface area contributed by atoms with Gasteiger partial charge in [0.1, 0.15) is 5.82 Å². The highest BCUT2D eigenvalue weighted by atomic mass is 35.5. The summed E-state index contributed by atoms with van der Waals surface area (Å²) in [6, 6.07) is 5.11. The summed E-state index contributed by atoms with van der Waals surface area (Å²) in [5.41, 5.74) is 0.552. The molecule has 1 aliphatic heterocycles. The Kier molecular flexibility index (Phi) is 4.02. The molecule has 1 aliphatic rings. The third-order valence-corrected chi connectivity index (χ3v) is 3.10. The Morgan fingerprint density at radius 1 is 1.31 bits per heavy atom. The highest BCUT2D eigenvalue weighted by Gasteiger charge is 2.13. The molecule has 0 saturated carbocycles. The maximum Gasteiger partial charge on any atom is 0.147 e. The second-order valence-electron chi connectivity index (χ2n) is 4.15. The first-order valence-corrected chi connectivity index (χ1v) is 6.06. The van der Waals surface area contributed by atoms with Crippen LogP contribution in [0.1, 0.15) is 19.3 Å². The smallest absolute Gasteiger partial charge is 0.147 e. The van der Waals surface area contributed by atoms with E-state index in [1.165, 1.54) is 6.07 Å². The minimum Gasteiger partial charge on any atom is -0.380 e. The fourth-order valence-corrected chi connectivity index (χ4v) is 2.15. The van der Waals surface area contributed by atoms with E-state index in [4.69, 9.17) is 11.6 Å². The lowest BCUT2D eigenvalue weighted by atomic mass is 10.1. The number of anilines is 1. The number of nitrogens with one attached hydrogen (secondary N) is 2. The average molecular weight is 243 g/mol. The fraction of sp³-hybridized carbons (Fsp3) is 0.500. The Balaban J connectivity index is 2.01. The normalized spacial score (nSPS) is 21.5. The molecule has 4 heteroatoms. The predicted molar refractivity (Wildman–Crippen MR) is 65.5 cm³/mol. The van der Waals surface area contributed by atoms with Crippen LogP contribution in [0.4, 0.5) is 10.1 Å². The van der Waals surface area contributed by atoms with Crippen molar-refractivity contribution in [1.82, 2.24) is 5.32 Å². The summed E-state index contributed by atoms with van der Waals surface area (Å²) in [4.78, 5) is 0. The largest absolute Gasteiger partial charge is 0.380 e. The van der Waals surface area contributed by atoms with E-state index in [0.717, 1.165) is 32.4 Å². The van der Waals surface area contributed by atoms with Crippen LogP contribution in [0.15, 0.2) is 18.2 Å². The van der Waals surface area contributed by atoms with Crippen molar-refractivity contribution in [3.05, 3.63) is 29.0 Å². The van der Waals surface area contributed by atoms with Gasteiger partial charge in [-0.15, -0.1) is 0 Å². The maximum atomic E-state index is 13.5. The molecule has 1 unspecified atom stereocenters. The van der Waals surface area contributed by atoms with Crippen LogP contribution in [0, 0.1) is 5.82 Å². The fourth-order valence-electron chi connectivity index (χ4n) is 1.99. The van der Waals surface area contributed by atoms with Gasteiger partial charge < -0.3 is 10.6 Å². The Bertz CT molecular complexity index is 349. The first-order chi connectivity index (χ1) is 7.75. The molecule has 0 bridgehead atoms.